The first-order valence-corrected chi connectivity index (χ1v) is 6.34. The minimum Gasteiger partial charge on any atom is -0.388 e. The number of ketones is 1. The number of rotatable bonds is 6. The van der Waals surface area contributed by atoms with Gasteiger partial charge in [-0.1, -0.05) is 12.1 Å². The van der Waals surface area contributed by atoms with Crippen molar-refractivity contribution >= 4 is 5.78 Å². The van der Waals surface area contributed by atoms with Gasteiger partial charge in [-0.3, -0.25) is 14.8 Å². The van der Waals surface area contributed by atoms with E-state index in [9.17, 15) is 15.0 Å². The molecule has 0 amide bonds. The molecule has 0 aliphatic heterocycles. The molecule has 0 saturated heterocycles. The van der Waals surface area contributed by atoms with Crippen LogP contribution in [0.15, 0.2) is 49.1 Å². The molecule has 5 nitrogen and oxygen atoms in total. The number of nitrogens with zero attached hydrogens (tertiary/aromatic N) is 2. The molecule has 2 aromatic heterocycles. The van der Waals surface area contributed by atoms with Crippen molar-refractivity contribution in [1.82, 2.24) is 9.97 Å². The molecule has 0 unspecified atom stereocenters. The van der Waals surface area contributed by atoms with Crippen LogP contribution in [0, 0.1) is 0 Å². The second kappa shape index (κ2) is 6.88. The van der Waals surface area contributed by atoms with E-state index in [-0.39, 0.29) is 18.6 Å². The zero-order chi connectivity index (χ0) is 14.4. The highest BCUT2D eigenvalue weighted by Crippen LogP contribution is 2.20. The lowest BCUT2D eigenvalue weighted by Gasteiger charge is -2.12. The fourth-order valence-corrected chi connectivity index (χ4v) is 1.90. The van der Waals surface area contributed by atoms with Gasteiger partial charge in [0.1, 0.15) is 5.78 Å². The van der Waals surface area contributed by atoms with Crippen molar-refractivity contribution in [3.05, 3.63) is 60.2 Å². The van der Waals surface area contributed by atoms with Gasteiger partial charge in [-0.05, 0) is 23.3 Å². The molecule has 0 aromatic carbocycles. The van der Waals surface area contributed by atoms with Gasteiger partial charge in [0.15, 0.2) is 0 Å². The Bertz CT molecular complexity index is 496. The summed E-state index contributed by atoms with van der Waals surface area (Å²) in [6, 6.07) is 6.83. The Balaban J connectivity index is 1.90. The Kier molecular flexibility index (Phi) is 4.92. The molecule has 2 rings (SSSR count). The molecule has 0 radical (unpaired) electrons. The standard InChI is InChI=1S/C15H16N2O3/c18-13(7-14(19)11-3-1-5-16-9-11)8-15(20)12-4-2-6-17-10-12/h1-6,9-10,14-15,19-20H,7-8H2/t14-,15+. The lowest BCUT2D eigenvalue weighted by molar-refractivity contribution is -0.123. The van der Waals surface area contributed by atoms with Crippen molar-refractivity contribution in [3.8, 4) is 0 Å². The van der Waals surface area contributed by atoms with Crippen LogP contribution < -0.4 is 0 Å². The van der Waals surface area contributed by atoms with Gasteiger partial charge in [0.2, 0.25) is 0 Å². The number of Topliss-reactive ketones (excluding diaryl/α,β-unsaturated/α-hetero) is 1. The predicted octanol–water partition coefficient (Wildman–Crippen LogP) is 1.59. The molecule has 2 atom stereocenters. The molecular weight excluding hydrogens is 256 g/mol. The molecule has 0 fully saturated rings. The van der Waals surface area contributed by atoms with E-state index in [0.717, 1.165) is 0 Å². The number of pyridine rings is 2. The summed E-state index contributed by atoms with van der Waals surface area (Å²) in [5, 5.41) is 19.8. The van der Waals surface area contributed by atoms with Gasteiger partial charge in [-0.2, -0.15) is 0 Å². The van der Waals surface area contributed by atoms with Crippen molar-refractivity contribution in [2.45, 2.75) is 25.0 Å². The molecule has 5 heteroatoms. The Morgan fingerprint density at radius 2 is 1.40 bits per heavy atom. The summed E-state index contributed by atoms with van der Waals surface area (Å²) in [6.07, 6.45) is 4.39. The quantitative estimate of drug-likeness (QED) is 0.834. The number of aliphatic hydroxyl groups is 2. The van der Waals surface area contributed by atoms with Crippen LogP contribution in [0.4, 0.5) is 0 Å². The van der Waals surface area contributed by atoms with E-state index in [0.29, 0.717) is 11.1 Å². The average molecular weight is 272 g/mol. The molecule has 2 aromatic rings. The van der Waals surface area contributed by atoms with Crippen LogP contribution in [0.1, 0.15) is 36.2 Å². The lowest BCUT2D eigenvalue weighted by Crippen LogP contribution is -2.11. The average Bonchev–Trinajstić information content (AvgIpc) is 2.49. The van der Waals surface area contributed by atoms with E-state index in [1.807, 2.05) is 0 Å². The zero-order valence-electron chi connectivity index (χ0n) is 10.9. The molecule has 0 spiro atoms. The van der Waals surface area contributed by atoms with Crippen molar-refractivity contribution in [2.75, 3.05) is 0 Å². The number of carbonyl (C=O) groups excluding carboxylic acids is 1. The summed E-state index contributed by atoms with van der Waals surface area (Å²) < 4.78 is 0. The smallest absolute Gasteiger partial charge is 0.138 e. The van der Waals surface area contributed by atoms with Gasteiger partial charge in [0.25, 0.3) is 0 Å². The van der Waals surface area contributed by atoms with Crippen molar-refractivity contribution in [1.29, 1.82) is 0 Å². The topological polar surface area (TPSA) is 83.3 Å². The fraction of sp³-hybridized carbons (Fsp3) is 0.267. The predicted molar refractivity (Wildman–Crippen MR) is 72.6 cm³/mol. The number of aliphatic hydroxyl groups excluding tert-OH is 2. The Hall–Kier alpha value is -2.11. The maximum absolute atomic E-state index is 11.8. The SMILES string of the molecule is O=C(C[C@@H](O)c1cccnc1)C[C@H](O)c1cccnc1. The van der Waals surface area contributed by atoms with Gasteiger partial charge in [0.05, 0.1) is 12.2 Å². The van der Waals surface area contributed by atoms with Gasteiger partial charge in [-0.25, -0.2) is 0 Å². The van der Waals surface area contributed by atoms with Gasteiger partial charge in [-0.15, -0.1) is 0 Å². The van der Waals surface area contributed by atoms with E-state index in [1.165, 1.54) is 12.4 Å². The first-order chi connectivity index (χ1) is 9.66. The Morgan fingerprint density at radius 1 is 0.950 bits per heavy atom. The van der Waals surface area contributed by atoms with E-state index in [2.05, 4.69) is 9.97 Å². The van der Waals surface area contributed by atoms with Crippen LogP contribution in [0.25, 0.3) is 0 Å². The molecule has 2 heterocycles. The van der Waals surface area contributed by atoms with E-state index >= 15 is 0 Å². The highest BCUT2D eigenvalue weighted by Gasteiger charge is 2.17. The van der Waals surface area contributed by atoms with Crippen LogP contribution in [0.5, 0.6) is 0 Å². The number of hydrogen-bond donors (Lipinski definition) is 2. The summed E-state index contributed by atoms with van der Waals surface area (Å²) in [5.41, 5.74) is 1.19. The van der Waals surface area contributed by atoms with Crippen LogP contribution in [0.3, 0.4) is 0 Å². The number of carbonyl (C=O) groups is 1. The second-order valence-electron chi connectivity index (χ2n) is 4.55. The van der Waals surface area contributed by atoms with Gasteiger partial charge < -0.3 is 10.2 Å². The molecular formula is C15H16N2O3. The van der Waals surface area contributed by atoms with Crippen LogP contribution in [-0.2, 0) is 4.79 Å². The third-order valence-corrected chi connectivity index (χ3v) is 2.98. The monoisotopic (exact) mass is 272 g/mol. The van der Waals surface area contributed by atoms with Crippen molar-refractivity contribution in [3.63, 3.8) is 0 Å². The molecule has 0 saturated carbocycles. The largest absolute Gasteiger partial charge is 0.388 e. The van der Waals surface area contributed by atoms with Crippen LogP contribution in [-0.4, -0.2) is 26.0 Å². The van der Waals surface area contributed by atoms with E-state index in [1.54, 1.807) is 36.7 Å². The molecule has 104 valence electrons. The van der Waals surface area contributed by atoms with E-state index in [4.69, 9.17) is 0 Å². The van der Waals surface area contributed by atoms with Gasteiger partial charge >= 0.3 is 0 Å². The normalized spacial score (nSPS) is 13.7. The summed E-state index contributed by atoms with van der Waals surface area (Å²) in [7, 11) is 0. The highest BCUT2D eigenvalue weighted by molar-refractivity contribution is 5.79. The van der Waals surface area contributed by atoms with Crippen molar-refractivity contribution in [2.24, 2.45) is 0 Å². The molecule has 2 N–H and O–H groups in total. The first-order valence-electron chi connectivity index (χ1n) is 6.34. The molecule has 0 bridgehead atoms. The third-order valence-electron chi connectivity index (χ3n) is 2.98. The number of hydrogen-bond acceptors (Lipinski definition) is 5. The van der Waals surface area contributed by atoms with Crippen LogP contribution >= 0.6 is 0 Å². The summed E-state index contributed by atoms with van der Waals surface area (Å²) >= 11 is 0. The molecule has 20 heavy (non-hydrogen) atoms. The summed E-state index contributed by atoms with van der Waals surface area (Å²) in [6.45, 7) is 0. The fourth-order valence-electron chi connectivity index (χ4n) is 1.90. The number of aromatic nitrogens is 2. The second-order valence-corrected chi connectivity index (χ2v) is 4.55. The Labute approximate surface area is 117 Å². The van der Waals surface area contributed by atoms with Crippen molar-refractivity contribution < 1.29 is 15.0 Å². The Morgan fingerprint density at radius 3 is 1.75 bits per heavy atom. The maximum atomic E-state index is 11.8. The summed E-state index contributed by atoms with van der Waals surface area (Å²) in [5.74, 6) is -0.210. The first kappa shape index (κ1) is 14.3. The highest BCUT2D eigenvalue weighted by atomic mass is 16.3. The third kappa shape index (κ3) is 3.94. The van der Waals surface area contributed by atoms with Gasteiger partial charge in [0, 0.05) is 37.6 Å². The minimum absolute atomic E-state index is 0.0387. The maximum Gasteiger partial charge on any atom is 0.138 e. The van der Waals surface area contributed by atoms with E-state index < -0.39 is 12.2 Å². The molecule has 0 aliphatic rings. The lowest BCUT2D eigenvalue weighted by atomic mass is 10.00. The minimum atomic E-state index is -0.891. The summed E-state index contributed by atoms with van der Waals surface area (Å²) in [4.78, 5) is 19.6. The zero-order valence-corrected chi connectivity index (χ0v) is 10.9. The molecule has 0 aliphatic carbocycles. The van der Waals surface area contributed by atoms with Crippen LogP contribution in [0.2, 0.25) is 0 Å².